The fraction of sp³-hybridized carbons (Fsp3) is 0.909. The third-order valence-electron chi connectivity index (χ3n) is 3.87. The van der Waals surface area contributed by atoms with Crippen molar-refractivity contribution in [2.45, 2.75) is 32.7 Å². The van der Waals surface area contributed by atoms with Crippen LogP contribution in [0.5, 0.6) is 0 Å². The lowest BCUT2D eigenvalue weighted by Gasteiger charge is -2.60. The van der Waals surface area contributed by atoms with Crippen LogP contribution < -0.4 is 5.32 Å². The zero-order valence-electron chi connectivity index (χ0n) is 10.3. The summed E-state index contributed by atoms with van der Waals surface area (Å²) in [6, 6.07) is -0.641. The molecule has 0 radical (unpaired) electrons. The Morgan fingerprint density at radius 3 is 2.35 bits per heavy atom. The van der Waals surface area contributed by atoms with Crippen molar-refractivity contribution in [3.63, 3.8) is 0 Å². The van der Waals surface area contributed by atoms with Crippen molar-refractivity contribution in [3.8, 4) is 0 Å². The molecule has 0 saturated carbocycles. The second-order valence-electron chi connectivity index (χ2n) is 6.14. The van der Waals surface area contributed by atoms with Gasteiger partial charge in [0.1, 0.15) is 0 Å². The second kappa shape index (κ2) is 3.31. The Balaban J connectivity index is 2.36. The lowest BCUT2D eigenvalue weighted by Crippen LogP contribution is -2.75. The number of hydrogen-bond acceptors (Lipinski definition) is 2. The van der Waals surface area contributed by atoms with Gasteiger partial charge in [-0.3, -0.25) is 0 Å². The van der Waals surface area contributed by atoms with Gasteiger partial charge in [0.15, 0.2) is 0 Å². The van der Waals surface area contributed by atoms with Gasteiger partial charge in [0.05, 0.1) is 18.0 Å². The van der Waals surface area contributed by atoms with Crippen LogP contribution in [0.25, 0.3) is 0 Å². The summed E-state index contributed by atoms with van der Waals surface area (Å²) >= 11 is 0. The summed E-state index contributed by atoms with van der Waals surface area (Å²) in [7, 11) is 0. The average Bonchev–Trinajstić information content (AvgIpc) is 2.34. The summed E-state index contributed by atoms with van der Waals surface area (Å²) in [4.78, 5) is 12.2. The minimum Gasteiger partial charge on any atom is -0.465 e. The molecule has 0 aliphatic carbocycles. The molecule has 2 aliphatic heterocycles. The van der Waals surface area contributed by atoms with Gasteiger partial charge in [-0.2, -0.15) is 0 Å². The van der Waals surface area contributed by atoms with E-state index in [0.29, 0.717) is 0 Å². The van der Waals surface area contributed by atoms with Gasteiger partial charge in [-0.25, -0.2) is 13.6 Å². The molecule has 2 aliphatic rings. The molecule has 2 N–H and O–H groups in total. The van der Waals surface area contributed by atoms with E-state index in [0.717, 1.165) is 4.90 Å². The van der Waals surface area contributed by atoms with E-state index in [4.69, 9.17) is 5.11 Å². The summed E-state index contributed by atoms with van der Waals surface area (Å²) in [6.07, 6.45) is -1.11. The predicted octanol–water partition coefficient (Wildman–Crippen LogP) is 1.62. The first kappa shape index (κ1) is 12.5. The molecule has 2 heterocycles. The lowest BCUT2D eigenvalue weighted by atomic mass is 9.60. The van der Waals surface area contributed by atoms with Crippen LogP contribution >= 0.6 is 0 Å². The van der Waals surface area contributed by atoms with Crippen LogP contribution in [0.1, 0.15) is 20.8 Å². The summed E-state index contributed by atoms with van der Waals surface area (Å²) in [5.41, 5.74) is -1.73. The normalized spacial score (nSPS) is 36.1. The van der Waals surface area contributed by atoms with Crippen LogP contribution in [0.15, 0.2) is 0 Å². The SMILES string of the molecule is CC(C)(C)C1N(C(=O)O)CC12CNCC2(F)F. The highest BCUT2D eigenvalue weighted by Gasteiger charge is 2.72. The summed E-state index contributed by atoms with van der Waals surface area (Å²) in [5, 5.41) is 11.7. The van der Waals surface area contributed by atoms with E-state index in [-0.39, 0.29) is 19.6 Å². The number of halogens is 2. The molecule has 17 heavy (non-hydrogen) atoms. The molecule has 1 spiro atoms. The van der Waals surface area contributed by atoms with Crippen LogP contribution in [-0.4, -0.2) is 47.7 Å². The van der Waals surface area contributed by atoms with Crippen molar-refractivity contribution < 1.29 is 18.7 Å². The second-order valence-corrected chi connectivity index (χ2v) is 6.14. The highest BCUT2D eigenvalue weighted by atomic mass is 19.3. The molecule has 2 unspecified atom stereocenters. The van der Waals surface area contributed by atoms with E-state index in [2.05, 4.69) is 5.32 Å². The van der Waals surface area contributed by atoms with Crippen molar-refractivity contribution in [3.05, 3.63) is 0 Å². The number of likely N-dealkylation sites (tertiary alicyclic amines) is 1. The first-order valence-electron chi connectivity index (χ1n) is 5.70. The third kappa shape index (κ3) is 1.53. The van der Waals surface area contributed by atoms with Gasteiger partial charge < -0.3 is 15.3 Å². The van der Waals surface area contributed by atoms with Gasteiger partial charge in [0.2, 0.25) is 0 Å². The Morgan fingerprint density at radius 2 is 2.00 bits per heavy atom. The van der Waals surface area contributed by atoms with Gasteiger partial charge in [0, 0.05) is 13.1 Å². The number of rotatable bonds is 0. The van der Waals surface area contributed by atoms with Crippen molar-refractivity contribution in [1.82, 2.24) is 10.2 Å². The standard InChI is InChI=1S/C11H18F2N2O2/c1-9(2,3)7-10(6-15(7)8(16)17)4-14-5-11(10,12)13/h7,14H,4-6H2,1-3H3,(H,16,17). The monoisotopic (exact) mass is 248 g/mol. The number of alkyl halides is 2. The molecule has 1 amide bonds. The van der Waals surface area contributed by atoms with Crippen molar-refractivity contribution >= 4 is 6.09 Å². The number of nitrogens with zero attached hydrogens (tertiary/aromatic N) is 1. The van der Waals surface area contributed by atoms with Crippen molar-refractivity contribution in [1.29, 1.82) is 0 Å². The molecule has 98 valence electrons. The third-order valence-corrected chi connectivity index (χ3v) is 3.87. The fourth-order valence-corrected chi connectivity index (χ4v) is 3.36. The Labute approximate surface area is 99.0 Å². The summed E-state index contributed by atoms with van der Waals surface area (Å²) in [6.45, 7) is 5.18. The summed E-state index contributed by atoms with van der Waals surface area (Å²) in [5.74, 6) is -2.84. The molecular formula is C11H18F2N2O2. The predicted molar refractivity (Wildman–Crippen MR) is 58.2 cm³/mol. The quantitative estimate of drug-likeness (QED) is 0.685. The molecule has 4 nitrogen and oxygen atoms in total. The Kier molecular flexibility index (Phi) is 2.44. The topological polar surface area (TPSA) is 52.6 Å². The van der Waals surface area contributed by atoms with Crippen LogP contribution in [0.3, 0.4) is 0 Å². The maximum Gasteiger partial charge on any atom is 0.407 e. The molecule has 2 atom stereocenters. The van der Waals surface area contributed by atoms with Gasteiger partial charge >= 0.3 is 6.09 Å². The molecule has 6 heteroatoms. The van der Waals surface area contributed by atoms with E-state index in [1.807, 2.05) is 20.8 Å². The van der Waals surface area contributed by atoms with E-state index in [9.17, 15) is 13.6 Å². The molecule has 2 saturated heterocycles. The van der Waals surface area contributed by atoms with E-state index < -0.39 is 28.9 Å². The number of hydrogen-bond donors (Lipinski definition) is 2. The minimum absolute atomic E-state index is 0.0791. The molecule has 0 bridgehead atoms. The first-order valence-corrected chi connectivity index (χ1v) is 5.70. The average molecular weight is 248 g/mol. The highest BCUT2D eigenvalue weighted by Crippen LogP contribution is 2.56. The van der Waals surface area contributed by atoms with Crippen LogP contribution in [-0.2, 0) is 0 Å². The number of nitrogens with one attached hydrogen (secondary N) is 1. The molecule has 2 rings (SSSR count). The molecule has 0 aromatic rings. The molecule has 0 aromatic heterocycles. The fourth-order valence-electron chi connectivity index (χ4n) is 3.36. The van der Waals surface area contributed by atoms with E-state index in [1.54, 1.807) is 0 Å². The Bertz CT molecular complexity index is 354. The van der Waals surface area contributed by atoms with Gasteiger partial charge in [-0.05, 0) is 5.41 Å². The largest absolute Gasteiger partial charge is 0.465 e. The first-order chi connectivity index (χ1) is 7.62. The molecule has 2 fully saturated rings. The van der Waals surface area contributed by atoms with E-state index in [1.165, 1.54) is 0 Å². The van der Waals surface area contributed by atoms with Gasteiger partial charge in [-0.15, -0.1) is 0 Å². The summed E-state index contributed by atoms with van der Waals surface area (Å²) < 4.78 is 28.0. The minimum atomic E-state index is -2.84. The smallest absolute Gasteiger partial charge is 0.407 e. The zero-order chi connectivity index (χ0) is 13.1. The van der Waals surface area contributed by atoms with Crippen molar-refractivity contribution in [2.75, 3.05) is 19.6 Å². The highest BCUT2D eigenvalue weighted by molar-refractivity contribution is 5.68. The van der Waals surface area contributed by atoms with Crippen LogP contribution in [0.2, 0.25) is 0 Å². The maximum atomic E-state index is 14.0. The van der Waals surface area contributed by atoms with Crippen LogP contribution in [0.4, 0.5) is 13.6 Å². The lowest BCUT2D eigenvalue weighted by molar-refractivity contribution is -0.208. The Hall–Kier alpha value is -0.910. The number of amides is 1. The van der Waals surface area contributed by atoms with E-state index >= 15 is 0 Å². The zero-order valence-corrected chi connectivity index (χ0v) is 10.3. The van der Waals surface area contributed by atoms with Gasteiger partial charge in [-0.1, -0.05) is 20.8 Å². The molecule has 0 aromatic carbocycles. The maximum absolute atomic E-state index is 14.0. The molecular weight excluding hydrogens is 230 g/mol. The van der Waals surface area contributed by atoms with Gasteiger partial charge in [0.25, 0.3) is 5.92 Å². The number of carbonyl (C=O) groups is 1. The number of carboxylic acid groups (broad SMARTS) is 1. The van der Waals surface area contributed by atoms with Crippen molar-refractivity contribution in [2.24, 2.45) is 10.8 Å². The Morgan fingerprint density at radius 1 is 1.41 bits per heavy atom. The van der Waals surface area contributed by atoms with Crippen LogP contribution in [0, 0.1) is 10.8 Å².